The van der Waals surface area contributed by atoms with Crippen LogP contribution in [0, 0.1) is 6.92 Å². The van der Waals surface area contributed by atoms with Crippen LogP contribution in [-0.4, -0.2) is 16.5 Å². The van der Waals surface area contributed by atoms with Crippen molar-refractivity contribution in [3.63, 3.8) is 0 Å². The Morgan fingerprint density at radius 1 is 1.21 bits per heavy atom. The minimum Gasteiger partial charge on any atom is -0.453 e. The van der Waals surface area contributed by atoms with Crippen molar-refractivity contribution in [3.05, 3.63) is 35.6 Å². The molecule has 19 heavy (non-hydrogen) atoms. The summed E-state index contributed by atoms with van der Waals surface area (Å²) in [4.78, 5) is 12.4. The maximum Gasteiger partial charge on any atom is 0.229 e. The van der Waals surface area contributed by atoms with E-state index in [2.05, 4.69) is 0 Å². The summed E-state index contributed by atoms with van der Waals surface area (Å²) in [5.41, 5.74) is 0.610. The van der Waals surface area contributed by atoms with Gasteiger partial charge in [-0.1, -0.05) is 30.9 Å². The number of fused-ring (bicyclic) bond motifs is 1. The SMILES string of the molecule is Cc1ccc2oc(C(=O)C3(O)CCCCC3)cc2c1. The fraction of sp³-hybridized carbons (Fsp3) is 0.438. The average molecular weight is 258 g/mol. The molecule has 3 rings (SSSR count). The monoisotopic (exact) mass is 258 g/mol. The molecule has 0 aliphatic heterocycles. The molecule has 3 heteroatoms. The Labute approximate surface area is 112 Å². The largest absolute Gasteiger partial charge is 0.453 e. The predicted molar refractivity (Wildman–Crippen MR) is 73.3 cm³/mol. The Balaban J connectivity index is 1.97. The number of rotatable bonds is 2. The number of aryl methyl sites for hydroxylation is 1. The second-order valence-corrected chi connectivity index (χ2v) is 5.57. The van der Waals surface area contributed by atoms with E-state index in [1.54, 1.807) is 6.07 Å². The van der Waals surface area contributed by atoms with Crippen LogP contribution >= 0.6 is 0 Å². The fourth-order valence-electron chi connectivity index (χ4n) is 2.87. The number of ketones is 1. The van der Waals surface area contributed by atoms with E-state index in [1.165, 1.54) is 0 Å². The maximum absolute atomic E-state index is 12.4. The first-order chi connectivity index (χ1) is 9.08. The molecule has 2 aromatic rings. The van der Waals surface area contributed by atoms with Crippen molar-refractivity contribution in [2.75, 3.05) is 0 Å². The highest BCUT2D eigenvalue weighted by Gasteiger charge is 2.39. The highest BCUT2D eigenvalue weighted by atomic mass is 16.4. The number of aliphatic hydroxyl groups is 1. The standard InChI is InChI=1S/C16H18O3/c1-11-5-6-13-12(9-11)10-14(19-13)15(17)16(18)7-3-2-4-8-16/h5-6,9-10,18H,2-4,7-8H2,1H3. The lowest BCUT2D eigenvalue weighted by atomic mass is 9.81. The van der Waals surface area contributed by atoms with Gasteiger partial charge in [0.15, 0.2) is 5.76 Å². The van der Waals surface area contributed by atoms with Crippen LogP contribution in [0.3, 0.4) is 0 Å². The summed E-state index contributed by atoms with van der Waals surface area (Å²) < 4.78 is 5.59. The molecule has 0 atom stereocenters. The van der Waals surface area contributed by atoms with E-state index in [0.717, 1.165) is 30.2 Å². The van der Waals surface area contributed by atoms with Gasteiger partial charge in [0, 0.05) is 5.39 Å². The Morgan fingerprint density at radius 3 is 2.68 bits per heavy atom. The van der Waals surface area contributed by atoms with E-state index in [-0.39, 0.29) is 11.5 Å². The molecule has 1 heterocycles. The molecule has 0 spiro atoms. The number of Topliss-reactive ketones (excluding diaryl/α,β-unsaturated/α-hetero) is 1. The van der Waals surface area contributed by atoms with E-state index < -0.39 is 5.60 Å². The molecule has 1 aromatic heterocycles. The van der Waals surface area contributed by atoms with Crippen LogP contribution in [0.5, 0.6) is 0 Å². The summed E-state index contributed by atoms with van der Waals surface area (Å²) in [5.74, 6) is 0.0195. The Hall–Kier alpha value is -1.61. The van der Waals surface area contributed by atoms with Crippen molar-refractivity contribution >= 4 is 16.8 Å². The van der Waals surface area contributed by atoms with Gasteiger partial charge in [0.1, 0.15) is 11.2 Å². The van der Waals surface area contributed by atoms with Crippen LogP contribution in [0.4, 0.5) is 0 Å². The first-order valence-electron chi connectivity index (χ1n) is 6.86. The molecule has 0 unspecified atom stereocenters. The van der Waals surface area contributed by atoms with Crippen molar-refractivity contribution in [2.24, 2.45) is 0 Å². The van der Waals surface area contributed by atoms with Gasteiger partial charge in [-0.05, 0) is 38.0 Å². The summed E-state index contributed by atoms with van der Waals surface area (Å²) in [6, 6.07) is 7.56. The van der Waals surface area contributed by atoms with E-state index >= 15 is 0 Å². The van der Waals surface area contributed by atoms with Gasteiger partial charge in [0.25, 0.3) is 0 Å². The van der Waals surface area contributed by atoms with Crippen LogP contribution < -0.4 is 0 Å². The summed E-state index contributed by atoms with van der Waals surface area (Å²) in [6.45, 7) is 2.00. The third-order valence-corrected chi connectivity index (χ3v) is 4.00. The highest BCUT2D eigenvalue weighted by molar-refractivity contribution is 6.03. The summed E-state index contributed by atoms with van der Waals surface area (Å²) >= 11 is 0. The zero-order chi connectivity index (χ0) is 13.5. The minimum atomic E-state index is -1.22. The van der Waals surface area contributed by atoms with E-state index in [9.17, 15) is 9.90 Å². The molecule has 1 saturated carbocycles. The van der Waals surface area contributed by atoms with E-state index in [4.69, 9.17) is 4.42 Å². The molecule has 3 nitrogen and oxygen atoms in total. The van der Waals surface area contributed by atoms with Crippen LogP contribution in [0.1, 0.15) is 48.2 Å². The smallest absolute Gasteiger partial charge is 0.229 e. The molecule has 0 bridgehead atoms. The zero-order valence-corrected chi connectivity index (χ0v) is 11.1. The van der Waals surface area contributed by atoms with E-state index in [0.29, 0.717) is 18.4 Å². The minimum absolute atomic E-state index is 0.263. The lowest BCUT2D eigenvalue weighted by Gasteiger charge is -2.29. The van der Waals surface area contributed by atoms with Crippen molar-refractivity contribution in [2.45, 2.75) is 44.6 Å². The van der Waals surface area contributed by atoms with Gasteiger partial charge in [0.2, 0.25) is 5.78 Å². The quantitative estimate of drug-likeness (QED) is 0.837. The number of hydrogen-bond donors (Lipinski definition) is 1. The number of furan rings is 1. The van der Waals surface area contributed by atoms with Crippen LogP contribution in [-0.2, 0) is 0 Å². The molecule has 1 fully saturated rings. The molecular formula is C16H18O3. The zero-order valence-electron chi connectivity index (χ0n) is 11.1. The third kappa shape index (κ3) is 2.19. The average Bonchev–Trinajstić information content (AvgIpc) is 2.81. The number of hydrogen-bond acceptors (Lipinski definition) is 3. The van der Waals surface area contributed by atoms with Gasteiger partial charge in [-0.25, -0.2) is 0 Å². The second-order valence-electron chi connectivity index (χ2n) is 5.57. The molecule has 1 aliphatic carbocycles. The number of benzene rings is 1. The lowest BCUT2D eigenvalue weighted by molar-refractivity contribution is 0.00945. The lowest BCUT2D eigenvalue weighted by Crippen LogP contribution is -2.40. The molecule has 0 amide bonds. The first-order valence-corrected chi connectivity index (χ1v) is 6.86. The van der Waals surface area contributed by atoms with Gasteiger partial charge in [-0.15, -0.1) is 0 Å². The Kier molecular flexibility index (Phi) is 2.94. The van der Waals surface area contributed by atoms with Crippen molar-refractivity contribution in [3.8, 4) is 0 Å². The van der Waals surface area contributed by atoms with Crippen LogP contribution in [0.2, 0.25) is 0 Å². The first kappa shape index (κ1) is 12.4. The topological polar surface area (TPSA) is 50.4 Å². The van der Waals surface area contributed by atoms with Crippen molar-refractivity contribution in [1.29, 1.82) is 0 Å². The maximum atomic E-state index is 12.4. The Morgan fingerprint density at radius 2 is 1.95 bits per heavy atom. The molecule has 1 N–H and O–H groups in total. The van der Waals surface area contributed by atoms with Crippen molar-refractivity contribution < 1.29 is 14.3 Å². The summed E-state index contributed by atoms with van der Waals surface area (Å²) in [7, 11) is 0. The van der Waals surface area contributed by atoms with Crippen LogP contribution in [0.25, 0.3) is 11.0 Å². The third-order valence-electron chi connectivity index (χ3n) is 4.00. The molecule has 0 radical (unpaired) electrons. The molecule has 0 saturated heterocycles. The Bertz CT molecular complexity index is 618. The van der Waals surface area contributed by atoms with Gasteiger partial charge in [-0.3, -0.25) is 4.79 Å². The molecular weight excluding hydrogens is 240 g/mol. The molecule has 100 valence electrons. The predicted octanol–water partition coefficient (Wildman–Crippen LogP) is 3.62. The number of carbonyl (C=O) groups is 1. The summed E-state index contributed by atoms with van der Waals surface area (Å²) in [5, 5.41) is 11.4. The van der Waals surface area contributed by atoms with Gasteiger partial charge in [-0.2, -0.15) is 0 Å². The normalized spacial score (nSPS) is 18.6. The van der Waals surface area contributed by atoms with Crippen molar-refractivity contribution in [1.82, 2.24) is 0 Å². The summed E-state index contributed by atoms with van der Waals surface area (Å²) in [6.07, 6.45) is 3.99. The second kappa shape index (κ2) is 4.49. The van der Waals surface area contributed by atoms with Gasteiger partial charge in [0.05, 0.1) is 0 Å². The van der Waals surface area contributed by atoms with E-state index in [1.807, 2.05) is 25.1 Å². The number of carbonyl (C=O) groups excluding carboxylic acids is 1. The fourth-order valence-corrected chi connectivity index (χ4v) is 2.87. The molecule has 1 aromatic carbocycles. The highest BCUT2D eigenvalue weighted by Crippen LogP contribution is 2.32. The molecule has 1 aliphatic rings. The van der Waals surface area contributed by atoms with Gasteiger partial charge < -0.3 is 9.52 Å². The van der Waals surface area contributed by atoms with Gasteiger partial charge >= 0.3 is 0 Å². The van der Waals surface area contributed by atoms with Crippen LogP contribution in [0.15, 0.2) is 28.7 Å².